The number of halogens is 4. The van der Waals surface area contributed by atoms with Gasteiger partial charge in [-0.05, 0) is 24.1 Å². The van der Waals surface area contributed by atoms with Crippen molar-refractivity contribution >= 4 is 16.0 Å². The van der Waals surface area contributed by atoms with Crippen molar-refractivity contribution in [1.29, 1.82) is 0 Å². The summed E-state index contributed by atoms with van der Waals surface area (Å²) in [6.07, 6.45) is -4.86. The van der Waals surface area contributed by atoms with Crippen molar-refractivity contribution in [3.63, 3.8) is 0 Å². The third kappa shape index (κ3) is 4.17. The van der Waals surface area contributed by atoms with Gasteiger partial charge in [0.15, 0.2) is 0 Å². The summed E-state index contributed by atoms with van der Waals surface area (Å²) in [5.74, 6) is -3.62. The molecule has 1 atom stereocenters. The van der Waals surface area contributed by atoms with Gasteiger partial charge in [-0.2, -0.15) is 17.9 Å². The predicted molar refractivity (Wildman–Crippen MR) is 68.0 cm³/mol. The van der Waals surface area contributed by atoms with E-state index in [2.05, 4.69) is 0 Å². The molecule has 0 aliphatic carbocycles. The maximum atomic E-state index is 13.6. The second-order valence-electron chi connectivity index (χ2n) is 4.82. The fourth-order valence-corrected chi connectivity index (χ4v) is 3.03. The van der Waals surface area contributed by atoms with E-state index >= 15 is 0 Å². The lowest BCUT2D eigenvalue weighted by atomic mass is 10.1. The first-order valence-electron chi connectivity index (χ1n) is 5.98. The van der Waals surface area contributed by atoms with Crippen molar-refractivity contribution in [1.82, 2.24) is 4.72 Å². The SMILES string of the molecule is CC(C)C(NS(=O)(=O)c1cc(C(F)(F)F)ccc1F)C(=O)O. The maximum Gasteiger partial charge on any atom is 0.416 e. The van der Waals surface area contributed by atoms with Crippen LogP contribution in [0.1, 0.15) is 19.4 Å². The first-order valence-corrected chi connectivity index (χ1v) is 7.46. The highest BCUT2D eigenvalue weighted by molar-refractivity contribution is 7.89. The van der Waals surface area contributed by atoms with Gasteiger partial charge in [-0.25, -0.2) is 12.8 Å². The molecule has 0 saturated heterocycles. The maximum absolute atomic E-state index is 13.6. The second kappa shape index (κ2) is 6.21. The highest BCUT2D eigenvalue weighted by Crippen LogP contribution is 2.31. The number of sulfonamides is 1. The quantitative estimate of drug-likeness (QED) is 0.803. The van der Waals surface area contributed by atoms with E-state index in [1.54, 1.807) is 4.72 Å². The lowest BCUT2D eigenvalue weighted by molar-refractivity contribution is -0.140. The largest absolute Gasteiger partial charge is 0.480 e. The number of alkyl halides is 3. The summed E-state index contributed by atoms with van der Waals surface area (Å²) >= 11 is 0. The first-order chi connectivity index (χ1) is 9.86. The Bertz CT molecular complexity index is 670. The summed E-state index contributed by atoms with van der Waals surface area (Å²) in [6, 6.07) is -0.718. The van der Waals surface area contributed by atoms with Gasteiger partial charge in [-0.1, -0.05) is 13.8 Å². The molecular weight excluding hydrogens is 330 g/mol. The van der Waals surface area contributed by atoms with Crippen LogP contribution in [0, 0.1) is 11.7 Å². The second-order valence-corrected chi connectivity index (χ2v) is 6.51. The normalized spacial score (nSPS) is 14.1. The van der Waals surface area contributed by atoms with Crippen molar-refractivity contribution in [2.45, 2.75) is 31.0 Å². The fourth-order valence-electron chi connectivity index (χ4n) is 1.59. The zero-order valence-corrected chi connectivity index (χ0v) is 12.3. The molecule has 0 saturated carbocycles. The Labute approximate surface area is 124 Å². The van der Waals surface area contributed by atoms with Gasteiger partial charge in [0, 0.05) is 0 Å². The molecule has 0 spiro atoms. The molecule has 0 bridgehead atoms. The number of rotatable bonds is 5. The number of hydrogen-bond donors (Lipinski definition) is 2. The molecule has 1 aromatic carbocycles. The summed E-state index contributed by atoms with van der Waals surface area (Å²) < 4.78 is 76.9. The molecular formula is C12H13F4NO4S. The number of nitrogens with one attached hydrogen (secondary N) is 1. The zero-order valence-electron chi connectivity index (χ0n) is 11.5. The molecule has 124 valence electrons. The molecule has 0 heterocycles. The molecule has 2 N–H and O–H groups in total. The van der Waals surface area contributed by atoms with Crippen LogP contribution in [-0.2, 0) is 21.0 Å². The first kappa shape index (κ1) is 18.4. The monoisotopic (exact) mass is 343 g/mol. The molecule has 0 radical (unpaired) electrons. The smallest absolute Gasteiger partial charge is 0.416 e. The molecule has 0 aliphatic rings. The van der Waals surface area contributed by atoms with Crippen LogP contribution in [0.3, 0.4) is 0 Å². The van der Waals surface area contributed by atoms with Crippen molar-refractivity contribution in [3.05, 3.63) is 29.6 Å². The molecule has 0 amide bonds. The van der Waals surface area contributed by atoms with E-state index in [1.807, 2.05) is 0 Å². The summed E-state index contributed by atoms with van der Waals surface area (Å²) in [4.78, 5) is 9.71. The minimum Gasteiger partial charge on any atom is -0.480 e. The van der Waals surface area contributed by atoms with E-state index in [4.69, 9.17) is 5.11 Å². The Morgan fingerprint density at radius 2 is 1.82 bits per heavy atom. The lowest BCUT2D eigenvalue weighted by Gasteiger charge is -2.18. The van der Waals surface area contributed by atoms with Crippen LogP contribution in [0.15, 0.2) is 23.1 Å². The van der Waals surface area contributed by atoms with Crippen LogP contribution in [0.2, 0.25) is 0 Å². The number of carbonyl (C=O) groups is 1. The number of carboxylic acid groups (broad SMARTS) is 1. The van der Waals surface area contributed by atoms with Crippen LogP contribution >= 0.6 is 0 Å². The highest BCUT2D eigenvalue weighted by atomic mass is 32.2. The summed E-state index contributed by atoms with van der Waals surface area (Å²) in [7, 11) is -4.77. The summed E-state index contributed by atoms with van der Waals surface area (Å²) in [5, 5.41) is 8.91. The zero-order chi connectivity index (χ0) is 17.3. The molecule has 1 unspecified atom stereocenters. The number of hydrogen-bond acceptors (Lipinski definition) is 3. The van der Waals surface area contributed by atoms with E-state index in [0.29, 0.717) is 12.1 Å². The molecule has 22 heavy (non-hydrogen) atoms. The molecule has 5 nitrogen and oxygen atoms in total. The van der Waals surface area contributed by atoms with Gasteiger partial charge in [-0.15, -0.1) is 0 Å². The Morgan fingerprint density at radius 1 is 1.27 bits per heavy atom. The minimum atomic E-state index is -4.86. The number of aliphatic carboxylic acids is 1. The van der Waals surface area contributed by atoms with E-state index in [-0.39, 0.29) is 6.07 Å². The molecule has 1 rings (SSSR count). The van der Waals surface area contributed by atoms with Crippen molar-refractivity contribution in [2.75, 3.05) is 0 Å². The van der Waals surface area contributed by atoms with Crippen LogP contribution in [0.5, 0.6) is 0 Å². The van der Waals surface area contributed by atoms with Crippen molar-refractivity contribution in [2.24, 2.45) is 5.92 Å². The van der Waals surface area contributed by atoms with E-state index in [9.17, 15) is 30.8 Å². The lowest BCUT2D eigenvalue weighted by Crippen LogP contribution is -2.44. The molecule has 0 aliphatic heterocycles. The number of carboxylic acids is 1. The Morgan fingerprint density at radius 3 is 2.23 bits per heavy atom. The van der Waals surface area contributed by atoms with E-state index < -0.39 is 50.4 Å². The Balaban J connectivity index is 3.31. The Kier molecular flexibility index (Phi) is 5.18. The van der Waals surface area contributed by atoms with Gasteiger partial charge in [0.1, 0.15) is 16.8 Å². The van der Waals surface area contributed by atoms with Gasteiger partial charge in [0.05, 0.1) is 5.56 Å². The number of benzene rings is 1. The fraction of sp³-hybridized carbons (Fsp3) is 0.417. The van der Waals surface area contributed by atoms with E-state index in [1.165, 1.54) is 13.8 Å². The standard InChI is InChI=1S/C12H13F4NO4S/c1-6(2)10(11(18)19)17-22(20,21)9-5-7(12(14,15)16)3-4-8(9)13/h3-6,10,17H,1-2H3,(H,18,19). The van der Waals surface area contributed by atoms with Gasteiger partial charge < -0.3 is 5.11 Å². The van der Waals surface area contributed by atoms with Gasteiger partial charge in [0.2, 0.25) is 10.0 Å². The van der Waals surface area contributed by atoms with Gasteiger partial charge in [-0.3, -0.25) is 4.79 Å². The van der Waals surface area contributed by atoms with Crippen LogP contribution in [0.25, 0.3) is 0 Å². The molecule has 1 aromatic rings. The van der Waals surface area contributed by atoms with E-state index in [0.717, 1.165) is 0 Å². The minimum absolute atomic E-state index is 0.122. The van der Waals surface area contributed by atoms with Crippen molar-refractivity contribution in [3.8, 4) is 0 Å². The summed E-state index contributed by atoms with van der Waals surface area (Å²) in [6.45, 7) is 2.79. The average Bonchev–Trinajstić information content (AvgIpc) is 2.34. The Hall–Kier alpha value is -1.68. The van der Waals surface area contributed by atoms with Gasteiger partial charge >= 0.3 is 12.1 Å². The van der Waals surface area contributed by atoms with Crippen LogP contribution < -0.4 is 4.72 Å². The van der Waals surface area contributed by atoms with Crippen LogP contribution in [-0.4, -0.2) is 25.5 Å². The topological polar surface area (TPSA) is 83.5 Å². The molecule has 10 heteroatoms. The highest BCUT2D eigenvalue weighted by Gasteiger charge is 2.34. The third-order valence-electron chi connectivity index (χ3n) is 2.76. The predicted octanol–water partition coefficient (Wildman–Crippen LogP) is 2.23. The van der Waals surface area contributed by atoms with Gasteiger partial charge in [0.25, 0.3) is 0 Å². The van der Waals surface area contributed by atoms with Crippen molar-refractivity contribution < 1.29 is 35.9 Å². The molecule has 0 aromatic heterocycles. The molecule has 0 fully saturated rings. The third-order valence-corrected chi connectivity index (χ3v) is 4.22. The average molecular weight is 343 g/mol. The summed E-state index contributed by atoms with van der Waals surface area (Å²) in [5.41, 5.74) is -1.36. The van der Waals surface area contributed by atoms with Crippen LogP contribution in [0.4, 0.5) is 17.6 Å².